The van der Waals surface area contributed by atoms with Gasteiger partial charge in [0.05, 0.1) is 16.7 Å². The fourth-order valence-electron chi connectivity index (χ4n) is 4.43. The largest absolute Gasteiger partial charge is 0.356 e. The van der Waals surface area contributed by atoms with E-state index >= 15 is 0 Å². The Kier molecular flexibility index (Phi) is 3.48. The van der Waals surface area contributed by atoms with Crippen molar-refractivity contribution in [3.63, 3.8) is 0 Å². The molecule has 0 atom stereocenters. The van der Waals surface area contributed by atoms with Crippen molar-refractivity contribution < 1.29 is 18.5 Å². The second kappa shape index (κ2) is 6.11. The molecule has 2 amide bonds. The van der Waals surface area contributed by atoms with Gasteiger partial charge in [0.2, 0.25) is 0 Å². The van der Waals surface area contributed by atoms with Crippen LogP contribution in [0, 0.1) is 5.82 Å². The molecule has 0 radical (unpaired) electrons. The normalized spacial score (nSPS) is 16.6. The summed E-state index contributed by atoms with van der Waals surface area (Å²) in [6.07, 6.45) is 1.82. The minimum absolute atomic E-state index is 0.144. The number of nitrogens with one attached hydrogen (secondary N) is 2. The average molecular weight is 402 g/mol. The summed E-state index contributed by atoms with van der Waals surface area (Å²) in [6, 6.07) is 10.1. The molecule has 2 aromatic heterocycles. The van der Waals surface area contributed by atoms with Crippen molar-refractivity contribution in [1.29, 1.82) is 0 Å². The molecule has 0 fully saturated rings. The van der Waals surface area contributed by atoms with Crippen molar-refractivity contribution >= 4 is 44.8 Å². The number of carbonyl (C=O) groups excluding carboxylic acids is 2. The highest BCUT2D eigenvalue weighted by molar-refractivity contribution is 6.50. The number of hydrogen-bond donors (Lipinski definition) is 2. The van der Waals surface area contributed by atoms with Crippen LogP contribution in [0.1, 0.15) is 16.8 Å². The SMILES string of the molecule is O=C1NC(=O)C(c2cn3c4c(cc(F)cc24)CNCC3)=C1c1noc2ccccc12. The third-order valence-corrected chi connectivity index (χ3v) is 5.68. The fourth-order valence-corrected chi connectivity index (χ4v) is 4.43. The second-order valence-corrected chi connectivity index (χ2v) is 7.43. The van der Waals surface area contributed by atoms with Gasteiger partial charge in [-0.2, -0.15) is 0 Å². The average Bonchev–Trinajstić information content (AvgIpc) is 3.33. The number of amides is 2. The van der Waals surface area contributed by atoms with Gasteiger partial charge in [0.25, 0.3) is 11.8 Å². The van der Waals surface area contributed by atoms with Crippen LogP contribution in [0.5, 0.6) is 0 Å². The molecule has 0 spiro atoms. The molecule has 148 valence electrons. The molecule has 7 nitrogen and oxygen atoms in total. The number of halogens is 1. The van der Waals surface area contributed by atoms with Crippen LogP contribution in [0.2, 0.25) is 0 Å². The Morgan fingerprint density at radius 1 is 1.07 bits per heavy atom. The monoisotopic (exact) mass is 402 g/mol. The summed E-state index contributed by atoms with van der Waals surface area (Å²) in [4.78, 5) is 25.6. The number of nitrogens with zero attached hydrogens (tertiary/aromatic N) is 2. The molecular weight excluding hydrogens is 387 g/mol. The van der Waals surface area contributed by atoms with Crippen LogP contribution in [-0.4, -0.2) is 28.1 Å². The zero-order chi connectivity index (χ0) is 20.4. The smallest absolute Gasteiger partial charge is 0.261 e. The number of carbonyl (C=O) groups is 2. The van der Waals surface area contributed by atoms with Gasteiger partial charge in [-0.05, 0) is 29.8 Å². The van der Waals surface area contributed by atoms with Gasteiger partial charge >= 0.3 is 0 Å². The van der Waals surface area contributed by atoms with Crippen LogP contribution in [0.25, 0.3) is 33.0 Å². The van der Waals surface area contributed by atoms with E-state index in [2.05, 4.69) is 15.8 Å². The molecule has 2 aliphatic heterocycles. The predicted molar refractivity (Wildman–Crippen MR) is 108 cm³/mol. The van der Waals surface area contributed by atoms with Crippen LogP contribution in [0.3, 0.4) is 0 Å². The number of fused-ring (bicyclic) bond motifs is 1. The zero-order valence-corrected chi connectivity index (χ0v) is 15.7. The van der Waals surface area contributed by atoms with Crippen LogP contribution in [-0.2, 0) is 22.7 Å². The lowest BCUT2D eigenvalue weighted by Crippen LogP contribution is -2.22. The summed E-state index contributed by atoms with van der Waals surface area (Å²) in [5.74, 6) is -1.46. The van der Waals surface area contributed by atoms with Gasteiger partial charge in [0.1, 0.15) is 11.5 Å². The third-order valence-electron chi connectivity index (χ3n) is 5.68. The van der Waals surface area contributed by atoms with Gasteiger partial charge in [0, 0.05) is 42.2 Å². The van der Waals surface area contributed by atoms with Crippen molar-refractivity contribution in [2.24, 2.45) is 0 Å². The Bertz CT molecular complexity index is 1430. The van der Waals surface area contributed by atoms with E-state index < -0.39 is 11.8 Å². The Labute approximate surface area is 169 Å². The minimum atomic E-state index is -0.541. The molecule has 4 heterocycles. The second-order valence-electron chi connectivity index (χ2n) is 7.43. The molecule has 2 N–H and O–H groups in total. The maximum Gasteiger partial charge on any atom is 0.261 e. The van der Waals surface area contributed by atoms with Gasteiger partial charge in [-0.1, -0.05) is 17.3 Å². The highest BCUT2D eigenvalue weighted by atomic mass is 19.1. The first kappa shape index (κ1) is 17.1. The highest BCUT2D eigenvalue weighted by Gasteiger charge is 2.36. The van der Waals surface area contributed by atoms with Crippen molar-refractivity contribution in [3.8, 4) is 0 Å². The molecule has 0 saturated heterocycles. The third kappa shape index (κ3) is 2.31. The molecule has 2 aromatic carbocycles. The number of hydrogen-bond acceptors (Lipinski definition) is 5. The van der Waals surface area contributed by atoms with E-state index in [1.54, 1.807) is 18.2 Å². The number of para-hydroxylation sites is 1. The van der Waals surface area contributed by atoms with Crippen molar-refractivity contribution in [1.82, 2.24) is 20.4 Å². The maximum atomic E-state index is 14.4. The quantitative estimate of drug-likeness (QED) is 0.503. The van der Waals surface area contributed by atoms with Gasteiger partial charge in [-0.25, -0.2) is 4.39 Å². The van der Waals surface area contributed by atoms with Crippen molar-refractivity contribution in [3.05, 3.63) is 65.2 Å². The van der Waals surface area contributed by atoms with Gasteiger partial charge in [-0.15, -0.1) is 0 Å². The Hall–Kier alpha value is -3.78. The summed E-state index contributed by atoms with van der Waals surface area (Å²) in [6.45, 7) is 1.91. The Morgan fingerprint density at radius 3 is 2.80 bits per heavy atom. The highest BCUT2D eigenvalue weighted by Crippen LogP contribution is 2.39. The minimum Gasteiger partial charge on any atom is -0.356 e. The van der Waals surface area contributed by atoms with Crippen LogP contribution in [0.15, 0.2) is 47.1 Å². The van der Waals surface area contributed by atoms with Gasteiger partial charge in [-0.3, -0.25) is 14.9 Å². The van der Waals surface area contributed by atoms with E-state index in [1.165, 1.54) is 12.1 Å². The molecule has 4 aromatic rings. The first-order chi connectivity index (χ1) is 14.6. The van der Waals surface area contributed by atoms with E-state index in [1.807, 2.05) is 16.8 Å². The van der Waals surface area contributed by atoms with Crippen LogP contribution >= 0.6 is 0 Å². The van der Waals surface area contributed by atoms with E-state index in [9.17, 15) is 14.0 Å². The zero-order valence-electron chi connectivity index (χ0n) is 15.7. The topological polar surface area (TPSA) is 89.2 Å². The summed E-state index contributed by atoms with van der Waals surface area (Å²) in [5, 5.41) is 10.9. The van der Waals surface area contributed by atoms with E-state index in [0.717, 1.165) is 11.1 Å². The molecule has 0 bridgehead atoms. The first-order valence-electron chi connectivity index (χ1n) is 9.59. The molecule has 8 heteroatoms. The molecule has 2 aliphatic rings. The number of aromatic nitrogens is 2. The summed E-state index contributed by atoms with van der Waals surface area (Å²) in [5.41, 5.74) is 3.34. The molecule has 30 heavy (non-hydrogen) atoms. The first-order valence-corrected chi connectivity index (χ1v) is 9.59. The number of benzene rings is 2. The van der Waals surface area contributed by atoms with Crippen LogP contribution in [0.4, 0.5) is 4.39 Å². The van der Waals surface area contributed by atoms with E-state index in [0.29, 0.717) is 47.2 Å². The van der Waals surface area contributed by atoms with E-state index in [4.69, 9.17) is 4.52 Å². The molecule has 0 aliphatic carbocycles. The van der Waals surface area contributed by atoms with Crippen LogP contribution < -0.4 is 10.6 Å². The number of rotatable bonds is 2. The fraction of sp³-hybridized carbons (Fsp3) is 0.136. The molecule has 0 saturated carbocycles. The van der Waals surface area contributed by atoms with Crippen molar-refractivity contribution in [2.45, 2.75) is 13.1 Å². The lowest BCUT2D eigenvalue weighted by atomic mass is 9.96. The molecule has 6 rings (SSSR count). The lowest BCUT2D eigenvalue weighted by molar-refractivity contribution is -0.122. The van der Waals surface area contributed by atoms with Gasteiger partial charge < -0.3 is 14.4 Å². The van der Waals surface area contributed by atoms with Gasteiger partial charge in [0.15, 0.2) is 5.58 Å². The Morgan fingerprint density at radius 2 is 1.90 bits per heavy atom. The van der Waals surface area contributed by atoms with Crippen molar-refractivity contribution in [2.75, 3.05) is 6.54 Å². The lowest BCUT2D eigenvalue weighted by Gasteiger charge is -2.05. The Balaban J connectivity index is 1.69. The summed E-state index contributed by atoms with van der Waals surface area (Å²) in [7, 11) is 0. The van der Waals surface area contributed by atoms with E-state index in [-0.39, 0.29) is 17.0 Å². The standard InChI is InChI=1S/C22H15FN4O3/c23-12-7-11-9-24-5-6-27-10-15(14(8-12)20(11)27)17-18(22(29)25-21(17)28)19-13-3-1-2-4-16(13)30-26-19/h1-4,7-8,10,24H,5-6,9H2,(H,25,28,29). The predicted octanol–water partition coefficient (Wildman–Crippen LogP) is 2.59. The summed E-state index contributed by atoms with van der Waals surface area (Å²) >= 11 is 0. The number of imide groups is 1. The maximum absolute atomic E-state index is 14.4. The molecule has 0 unspecified atom stereocenters. The summed E-state index contributed by atoms with van der Waals surface area (Å²) < 4.78 is 21.8. The molecular formula is C22H15FN4O3.